The maximum absolute atomic E-state index is 12.5. The molecular weight excluding hydrogens is 498 g/mol. The van der Waals surface area contributed by atoms with Gasteiger partial charge in [0, 0.05) is 13.1 Å². The van der Waals surface area contributed by atoms with Crippen LogP contribution in [0.1, 0.15) is 85.6 Å². The van der Waals surface area contributed by atoms with E-state index in [0.717, 1.165) is 31.2 Å². The largest absolute Gasteiger partial charge is 0.444 e. The predicted molar refractivity (Wildman–Crippen MR) is 153 cm³/mol. The van der Waals surface area contributed by atoms with Gasteiger partial charge in [0.2, 0.25) is 0 Å². The Kier molecular flexibility index (Phi) is 13.0. The van der Waals surface area contributed by atoms with Crippen molar-refractivity contribution in [3.8, 4) is 0 Å². The van der Waals surface area contributed by atoms with Crippen molar-refractivity contribution in [2.75, 3.05) is 13.1 Å². The fraction of sp³-hybridized carbons (Fsp3) is 0.733. The quantitative estimate of drug-likeness (QED) is 0.263. The monoisotopic (exact) mass is 549 g/mol. The highest BCUT2D eigenvalue weighted by Crippen LogP contribution is 2.28. The van der Waals surface area contributed by atoms with Gasteiger partial charge in [-0.1, -0.05) is 62.4 Å². The molecule has 0 spiro atoms. The molecule has 2 amide bonds. The van der Waals surface area contributed by atoms with Gasteiger partial charge in [-0.25, -0.2) is 9.59 Å². The first kappa shape index (κ1) is 32.8. The lowest BCUT2D eigenvalue weighted by atomic mass is 9.83. The molecule has 1 aliphatic rings. The van der Waals surface area contributed by atoms with Gasteiger partial charge in [0.1, 0.15) is 11.2 Å². The molecular formula is C30H51N3O6. The topological polar surface area (TPSA) is 129 Å². The van der Waals surface area contributed by atoms with Gasteiger partial charge in [-0.05, 0) is 65.9 Å². The van der Waals surface area contributed by atoms with Crippen molar-refractivity contribution in [3.63, 3.8) is 0 Å². The van der Waals surface area contributed by atoms with Crippen molar-refractivity contribution in [1.29, 1.82) is 0 Å². The highest BCUT2D eigenvalue weighted by atomic mass is 16.6. The van der Waals surface area contributed by atoms with Crippen molar-refractivity contribution in [2.45, 2.75) is 122 Å². The van der Waals surface area contributed by atoms with Gasteiger partial charge >= 0.3 is 12.2 Å². The summed E-state index contributed by atoms with van der Waals surface area (Å²) in [6.07, 6.45) is 3.84. The van der Waals surface area contributed by atoms with Gasteiger partial charge in [0.15, 0.2) is 0 Å². The Balaban J connectivity index is 1.99. The smallest absolute Gasteiger partial charge is 0.407 e. The Hall–Kier alpha value is -2.36. The third-order valence-electron chi connectivity index (χ3n) is 6.65. The third kappa shape index (κ3) is 14.0. The molecule has 222 valence electrons. The zero-order valence-corrected chi connectivity index (χ0v) is 24.7. The number of carbonyl (C=O) groups excluding carboxylic acids is 2. The number of alkyl carbamates (subject to hydrolysis) is 2. The van der Waals surface area contributed by atoms with E-state index in [1.54, 1.807) is 41.5 Å². The van der Waals surface area contributed by atoms with Crippen LogP contribution in [-0.4, -0.2) is 71.0 Å². The van der Waals surface area contributed by atoms with Crippen LogP contribution in [0.25, 0.3) is 0 Å². The van der Waals surface area contributed by atoms with Crippen molar-refractivity contribution in [1.82, 2.24) is 16.0 Å². The normalized spacial score (nSPS) is 17.9. The molecule has 0 aromatic heterocycles. The molecule has 0 unspecified atom stereocenters. The molecule has 1 aliphatic carbocycles. The molecule has 9 heteroatoms. The summed E-state index contributed by atoms with van der Waals surface area (Å²) in [6, 6.07) is 8.51. The predicted octanol–water partition coefficient (Wildman–Crippen LogP) is 4.30. The van der Waals surface area contributed by atoms with Crippen LogP contribution in [0.2, 0.25) is 0 Å². The molecule has 0 aliphatic heterocycles. The number of nitrogens with one attached hydrogen (secondary N) is 3. The zero-order chi connectivity index (χ0) is 29.1. The minimum atomic E-state index is -0.944. The Bertz CT molecular complexity index is 862. The van der Waals surface area contributed by atoms with E-state index in [1.165, 1.54) is 6.42 Å². The fourth-order valence-corrected chi connectivity index (χ4v) is 4.83. The highest BCUT2D eigenvalue weighted by Gasteiger charge is 2.29. The number of aliphatic hydroxyl groups is 2. The van der Waals surface area contributed by atoms with E-state index in [-0.39, 0.29) is 13.1 Å². The lowest BCUT2D eigenvalue weighted by Gasteiger charge is -2.31. The second-order valence-corrected chi connectivity index (χ2v) is 12.7. The van der Waals surface area contributed by atoms with Crippen molar-refractivity contribution >= 4 is 12.2 Å². The highest BCUT2D eigenvalue weighted by molar-refractivity contribution is 5.68. The Morgan fingerprint density at radius 1 is 0.821 bits per heavy atom. The number of hydrogen-bond acceptors (Lipinski definition) is 7. The zero-order valence-electron chi connectivity index (χ0n) is 24.7. The minimum absolute atomic E-state index is 0.132. The van der Waals surface area contributed by atoms with Crippen LogP contribution in [0.5, 0.6) is 0 Å². The Morgan fingerprint density at radius 2 is 1.31 bits per heavy atom. The molecule has 1 aromatic rings. The lowest BCUT2D eigenvalue weighted by molar-refractivity contribution is 0.0375. The molecule has 39 heavy (non-hydrogen) atoms. The average Bonchev–Trinajstić information content (AvgIpc) is 2.82. The summed E-state index contributed by atoms with van der Waals surface area (Å²) in [5, 5.41) is 30.8. The van der Waals surface area contributed by atoms with Crippen molar-refractivity contribution in [3.05, 3.63) is 35.9 Å². The maximum atomic E-state index is 12.5. The van der Waals surface area contributed by atoms with E-state index in [1.807, 2.05) is 30.3 Å². The SMILES string of the molecule is CC(C)(C)OC(=O)N[C@@H](Cc1ccccc1)[C@H](O)CNC[C@@H](O)[C@H](CC1CCCCC1)NC(=O)OC(C)(C)C. The molecule has 0 saturated heterocycles. The molecule has 0 radical (unpaired) electrons. The van der Waals surface area contributed by atoms with E-state index in [9.17, 15) is 19.8 Å². The minimum Gasteiger partial charge on any atom is -0.444 e. The molecule has 0 bridgehead atoms. The van der Waals surface area contributed by atoms with Crippen LogP contribution >= 0.6 is 0 Å². The Morgan fingerprint density at radius 3 is 1.82 bits per heavy atom. The number of aliphatic hydroxyl groups excluding tert-OH is 2. The Labute approximate surface area is 234 Å². The van der Waals surface area contributed by atoms with Gasteiger partial charge in [-0.2, -0.15) is 0 Å². The van der Waals surface area contributed by atoms with E-state index in [4.69, 9.17) is 9.47 Å². The molecule has 4 atom stereocenters. The molecule has 9 nitrogen and oxygen atoms in total. The first-order valence-electron chi connectivity index (χ1n) is 14.3. The summed E-state index contributed by atoms with van der Waals surface area (Å²) >= 11 is 0. The first-order valence-corrected chi connectivity index (χ1v) is 14.3. The van der Waals surface area contributed by atoms with Gasteiger partial charge in [-0.15, -0.1) is 0 Å². The number of hydrogen-bond donors (Lipinski definition) is 5. The van der Waals surface area contributed by atoms with Crippen LogP contribution < -0.4 is 16.0 Å². The summed E-state index contributed by atoms with van der Waals surface area (Å²) < 4.78 is 10.8. The third-order valence-corrected chi connectivity index (χ3v) is 6.65. The molecule has 1 saturated carbocycles. The van der Waals surface area contributed by atoms with Gasteiger partial charge in [0.05, 0.1) is 24.3 Å². The van der Waals surface area contributed by atoms with Crippen LogP contribution in [0.3, 0.4) is 0 Å². The average molecular weight is 550 g/mol. The van der Waals surface area contributed by atoms with Crippen LogP contribution in [0.4, 0.5) is 9.59 Å². The van der Waals surface area contributed by atoms with Gasteiger partial charge in [0.25, 0.3) is 0 Å². The lowest BCUT2D eigenvalue weighted by Crippen LogP contribution is -2.53. The summed E-state index contributed by atoms with van der Waals surface area (Å²) in [7, 11) is 0. The van der Waals surface area contributed by atoms with E-state index in [0.29, 0.717) is 18.8 Å². The number of rotatable bonds is 12. The molecule has 1 fully saturated rings. The molecule has 2 rings (SSSR count). The first-order chi connectivity index (χ1) is 18.2. The standard InChI is InChI=1S/C30H51N3O6/c1-29(2,3)38-27(36)32-23(17-21-13-9-7-10-14-21)25(34)19-31-20-26(35)24(18-22-15-11-8-12-16-22)33-28(37)39-30(4,5)6/h7,9-10,13-14,22-26,31,34-35H,8,11-12,15-20H2,1-6H3,(H,32,36)(H,33,37)/t23-,24-,25+,26+/m0/s1. The number of ether oxygens (including phenoxy) is 2. The number of benzene rings is 1. The number of carbonyl (C=O) groups is 2. The summed E-state index contributed by atoms with van der Waals surface area (Å²) in [4.78, 5) is 25.0. The number of amides is 2. The van der Waals surface area contributed by atoms with E-state index in [2.05, 4.69) is 16.0 Å². The summed E-state index contributed by atoms with van der Waals surface area (Å²) in [6.45, 7) is 11.1. The van der Waals surface area contributed by atoms with Gasteiger partial charge in [-0.3, -0.25) is 0 Å². The second kappa shape index (κ2) is 15.4. The molecule has 1 aromatic carbocycles. The molecule has 5 N–H and O–H groups in total. The molecule has 0 heterocycles. The van der Waals surface area contributed by atoms with E-state index >= 15 is 0 Å². The fourth-order valence-electron chi connectivity index (χ4n) is 4.83. The maximum Gasteiger partial charge on any atom is 0.407 e. The van der Waals surface area contributed by atoms with Crippen LogP contribution in [0.15, 0.2) is 30.3 Å². The van der Waals surface area contributed by atoms with Gasteiger partial charge < -0.3 is 35.6 Å². The van der Waals surface area contributed by atoms with Crippen LogP contribution in [0, 0.1) is 5.92 Å². The van der Waals surface area contributed by atoms with Crippen molar-refractivity contribution < 1.29 is 29.3 Å². The summed E-state index contributed by atoms with van der Waals surface area (Å²) in [5.74, 6) is 0.437. The summed E-state index contributed by atoms with van der Waals surface area (Å²) in [5.41, 5.74) is -0.336. The second-order valence-electron chi connectivity index (χ2n) is 12.7. The van der Waals surface area contributed by atoms with Crippen molar-refractivity contribution in [2.24, 2.45) is 5.92 Å². The van der Waals surface area contributed by atoms with E-state index < -0.39 is 47.7 Å². The van der Waals surface area contributed by atoms with Crippen LogP contribution in [-0.2, 0) is 15.9 Å².